The molecule has 8 heteroatoms. The normalized spacial score (nSPS) is 15.7. The maximum atomic E-state index is 12.8. The predicted octanol–water partition coefficient (Wildman–Crippen LogP) is 3.75. The van der Waals surface area contributed by atoms with Gasteiger partial charge < -0.3 is 15.2 Å². The van der Waals surface area contributed by atoms with Crippen LogP contribution >= 0.6 is 11.8 Å². The van der Waals surface area contributed by atoms with Gasteiger partial charge in [0, 0.05) is 46.6 Å². The first-order chi connectivity index (χ1) is 15.1. The first-order valence-corrected chi connectivity index (χ1v) is 11.2. The quantitative estimate of drug-likeness (QED) is 0.648. The molecule has 2 aromatic carbocycles. The number of carboxylic acids is 1. The Bertz CT molecular complexity index is 1170. The average Bonchev–Trinajstić information content (AvgIpc) is 3.20. The van der Waals surface area contributed by atoms with E-state index in [9.17, 15) is 14.7 Å². The summed E-state index contributed by atoms with van der Waals surface area (Å²) in [5.74, 6) is -0.662. The second kappa shape index (κ2) is 8.20. The maximum absolute atomic E-state index is 12.8. The number of rotatable bonds is 4. The number of nitrogens with zero attached hydrogens (tertiary/aromatic N) is 2. The molecule has 1 amide bonds. The van der Waals surface area contributed by atoms with Crippen LogP contribution in [-0.2, 0) is 10.5 Å². The van der Waals surface area contributed by atoms with E-state index in [0.717, 1.165) is 29.0 Å². The Hall–Kier alpha value is -3.10. The Labute approximate surface area is 183 Å². The fourth-order valence-corrected chi connectivity index (χ4v) is 5.12. The number of carbonyl (C=O) groups excluding carboxylic acids is 1. The molecule has 2 aliphatic rings. The summed E-state index contributed by atoms with van der Waals surface area (Å²) < 4.78 is 7.01. The van der Waals surface area contributed by atoms with E-state index in [4.69, 9.17) is 4.74 Å². The summed E-state index contributed by atoms with van der Waals surface area (Å²) >= 11 is 1.61. The first kappa shape index (κ1) is 19.8. The summed E-state index contributed by atoms with van der Waals surface area (Å²) in [5.41, 5.74) is 3.65. The molecule has 0 aliphatic carbocycles. The van der Waals surface area contributed by atoms with Crippen LogP contribution in [0.1, 0.15) is 39.3 Å². The molecule has 1 saturated heterocycles. The molecule has 2 aliphatic heterocycles. The highest BCUT2D eigenvalue weighted by Gasteiger charge is 2.29. The van der Waals surface area contributed by atoms with Crippen molar-refractivity contribution in [3.8, 4) is 16.9 Å². The largest absolute Gasteiger partial charge is 0.476 e. The number of aromatic carboxylic acids is 1. The molecule has 1 fully saturated rings. The number of carboxylic acid groups (broad SMARTS) is 1. The summed E-state index contributed by atoms with van der Waals surface area (Å²) in [4.78, 5) is 25.8. The van der Waals surface area contributed by atoms with Crippen molar-refractivity contribution >= 4 is 23.6 Å². The van der Waals surface area contributed by atoms with Crippen LogP contribution in [0.5, 0.6) is 0 Å². The van der Waals surface area contributed by atoms with Crippen molar-refractivity contribution < 1.29 is 19.4 Å². The number of hydrogen-bond donors (Lipinski definition) is 2. The number of amides is 1. The molecule has 0 atom stereocenters. The van der Waals surface area contributed by atoms with Gasteiger partial charge in [0.15, 0.2) is 5.69 Å². The Morgan fingerprint density at radius 3 is 2.74 bits per heavy atom. The molecule has 158 valence electrons. The van der Waals surface area contributed by atoms with Crippen LogP contribution in [0, 0.1) is 0 Å². The van der Waals surface area contributed by atoms with E-state index < -0.39 is 5.97 Å². The molecule has 31 heavy (non-hydrogen) atoms. The van der Waals surface area contributed by atoms with E-state index in [2.05, 4.69) is 10.4 Å². The zero-order valence-corrected chi connectivity index (χ0v) is 17.5. The number of hydrogen-bond acceptors (Lipinski definition) is 5. The van der Waals surface area contributed by atoms with E-state index in [1.54, 1.807) is 34.6 Å². The minimum absolute atomic E-state index is 0.0501. The van der Waals surface area contributed by atoms with Crippen LogP contribution < -0.4 is 5.32 Å². The van der Waals surface area contributed by atoms with Crippen molar-refractivity contribution in [3.63, 3.8) is 0 Å². The van der Waals surface area contributed by atoms with Crippen molar-refractivity contribution in [2.45, 2.75) is 29.5 Å². The van der Waals surface area contributed by atoms with E-state index in [1.165, 1.54) is 0 Å². The van der Waals surface area contributed by atoms with Crippen molar-refractivity contribution in [2.24, 2.45) is 0 Å². The molecule has 0 bridgehead atoms. The third kappa shape index (κ3) is 3.73. The number of benzene rings is 2. The van der Waals surface area contributed by atoms with Gasteiger partial charge in [0.05, 0.1) is 11.4 Å². The second-order valence-corrected chi connectivity index (χ2v) is 8.61. The van der Waals surface area contributed by atoms with E-state index in [-0.39, 0.29) is 17.6 Å². The summed E-state index contributed by atoms with van der Waals surface area (Å²) in [5, 5.41) is 17.2. The fraction of sp³-hybridized carbons (Fsp3) is 0.261. The molecule has 0 unspecified atom stereocenters. The smallest absolute Gasteiger partial charge is 0.356 e. The number of fused-ring (bicyclic) bond motifs is 3. The van der Waals surface area contributed by atoms with Gasteiger partial charge in [-0.05, 0) is 37.1 Å². The SMILES string of the molecule is O=C(NC1CCOCC1)c1cccc(-n2nc(C(=O)O)c3c2-c2ccccc2SC3)c1. The number of carbonyl (C=O) groups is 2. The molecular formula is C23H21N3O4S. The van der Waals surface area contributed by atoms with Crippen LogP contribution in [0.25, 0.3) is 16.9 Å². The Balaban J connectivity index is 1.55. The molecule has 3 aromatic rings. The van der Waals surface area contributed by atoms with Crippen molar-refractivity contribution in [2.75, 3.05) is 13.2 Å². The van der Waals surface area contributed by atoms with Gasteiger partial charge in [0.1, 0.15) is 0 Å². The lowest BCUT2D eigenvalue weighted by atomic mass is 10.1. The minimum atomic E-state index is -1.05. The van der Waals surface area contributed by atoms with Gasteiger partial charge in [-0.3, -0.25) is 4.79 Å². The molecular weight excluding hydrogens is 414 g/mol. The van der Waals surface area contributed by atoms with Crippen LogP contribution in [0.15, 0.2) is 53.4 Å². The van der Waals surface area contributed by atoms with Gasteiger partial charge in [-0.15, -0.1) is 11.8 Å². The zero-order chi connectivity index (χ0) is 21.4. The number of thioether (sulfide) groups is 1. The van der Waals surface area contributed by atoms with E-state index in [1.807, 2.05) is 30.3 Å². The average molecular weight is 436 g/mol. The Kier molecular flexibility index (Phi) is 5.25. The summed E-state index contributed by atoms with van der Waals surface area (Å²) in [6, 6.07) is 15.2. The van der Waals surface area contributed by atoms with Crippen LogP contribution in [0.3, 0.4) is 0 Å². The summed E-state index contributed by atoms with van der Waals surface area (Å²) in [6.07, 6.45) is 1.60. The minimum Gasteiger partial charge on any atom is -0.476 e. The van der Waals surface area contributed by atoms with E-state index in [0.29, 0.717) is 35.8 Å². The lowest BCUT2D eigenvalue weighted by Crippen LogP contribution is -2.38. The molecule has 0 saturated carbocycles. The Morgan fingerprint density at radius 1 is 1.13 bits per heavy atom. The third-order valence-corrected chi connectivity index (χ3v) is 6.71. The second-order valence-electron chi connectivity index (χ2n) is 7.59. The predicted molar refractivity (Wildman–Crippen MR) is 117 cm³/mol. The summed E-state index contributed by atoms with van der Waals surface area (Å²) in [7, 11) is 0. The van der Waals surface area contributed by atoms with Gasteiger partial charge in [0.25, 0.3) is 5.91 Å². The lowest BCUT2D eigenvalue weighted by molar-refractivity contribution is 0.0683. The molecule has 7 nitrogen and oxygen atoms in total. The van der Waals surface area contributed by atoms with Gasteiger partial charge >= 0.3 is 5.97 Å². The number of nitrogens with one attached hydrogen (secondary N) is 1. The number of aromatic nitrogens is 2. The number of ether oxygens (including phenoxy) is 1. The molecule has 2 N–H and O–H groups in total. The molecule has 5 rings (SSSR count). The van der Waals surface area contributed by atoms with Crippen LogP contribution in [0.4, 0.5) is 0 Å². The standard InChI is InChI=1S/C23H21N3O4S/c27-22(24-15-8-10-30-11-9-15)14-4-3-5-16(12-14)26-21-17-6-1-2-7-19(17)31-13-18(21)20(25-26)23(28)29/h1-7,12,15H,8-11,13H2,(H,24,27)(H,28,29). The highest BCUT2D eigenvalue weighted by Crippen LogP contribution is 2.43. The zero-order valence-electron chi connectivity index (χ0n) is 16.7. The van der Waals surface area contributed by atoms with Crippen molar-refractivity contribution in [1.29, 1.82) is 0 Å². The monoisotopic (exact) mass is 435 g/mol. The van der Waals surface area contributed by atoms with E-state index >= 15 is 0 Å². The van der Waals surface area contributed by atoms with Crippen molar-refractivity contribution in [1.82, 2.24) is 15.1 Å². The van der Waals surface area contributed by atoms with Crippen LogP contribution in [0.2, 0.25) is 0 Å². The van der Waals surface area contributed by atoms with Gasteiger partial charge in [0.2, 0.25) is 0 Å². The molecule has 1 aromatic heterocycles. The third-order valence-electron chi connectivity index (χ3n) is 5.61. The fourth-order valence-electron chi connectivity index (χ4n) is 4.05. The maximum Gasteiger partial charge on any atom is 0.356 e. The Morgan fingerprint density at radius 2 is 1.94 bits per heavy atom. The topological polar surface area (TPSA) is 93.5 Å². The first-order valence-electron chi connectivity index (χ1n) is 10.2. The lowest BCUT2D eigenvalue weighted by Gasteiger charge is -2.23. The molecule has 0 radical (unpaired) electrons. The highest BCUT2D eigenvalue weighted by atomic mass is 32.2. The van der Waals surface area contributed by atoms with Crippen molar-refractivity contribution in [3.05, 3.63) is 65.4 Å². The van der Waals surface area contributed by atoms with Gasteiger partial charge in [-0.2, -0.15) is 5.10 Å². The molecule has 3 heterocycles. The highest BCUT2D eigenvalue weighted by molar-refractivity contribution is 7.98. The summed E-state index contributed by atoms with van der Waals surface area (Å²) in [6.45, 7) is 1.31. The van der Waals surface area contributed by atoms with Gasteiger partial charge in [-0.1, -0.05) is 24.3 Å². The van der Waals surface area contributed by atoms with Crippen LogP contribution in [-0.4, -0.2) is 46.0 Å². The molecule has 0 spiro atoms. The van der Waals surface area contributed by atoms with Gasteiger partial charge in [-0.25, -0.2) is 9.48 Å².